The molecule has 0 radical (unpaired) electrons. The third-order valence-corrected chi connectivity index (χ3v) is 6.26. The molecule has 2 heterocycles. The number of benzene rings is 1. The van der Waals surface area contributed by atoms with Gasteiger partial charge in [0.2, 0.25) is 11.8 Å². The molecule has 0 N–H and O–H groups in total. The van der Waals surface area contributed by atoms with Crippen molar-refractivity contribution in [2.75, 3.05) is 4.90 Å². The molecule has 0 saturated carbocycles. The summed E-state index contributed by atoms with van der Waals surface area (Å²) in [6.45, 7) is 19.0. The van der Waals surface area contributed by atoms with E-state index in [0.29, 0.717) is 5.88 Å². The van der Waals surface area contributed by atoms with Gasteiger partial charge in [0.15, 0.2) is 0 Å². The molecule has 2 aromatic rings. The zero-order valence-corrected chi connectivity index (χ0v) is 20.0. The van der Waals surface area contributed by atoms with Gasteiger partial charge in [0.25, 0.3) is 0 Å². The van der Waals surface area contributed by atoms with Crippen LogP contribution in [0.25, 0.3) is 0 Å². The van der Waals surface area contributed by atoms with Gasteiger partial charge in [-0.3, -0.25) is 4.79 Å². The Morgan fingerprint density at radius 2 is 1.63 bits per heavy atom. The number of ether oxygens (including phenoxy) is 1. The molecule has 0 aliphatic carbocycles. The van der Waals surface area contributed by atoms with Gasteiger partial charge in [-0.05, 0) is 68.7 Å². The van der Waals surface area contributed by atoms with Crippen molar-refractivity contribution >= 4 is 11.6 Å². The summed E-state index contributed by atoms with van der Waals surface area (Å²) in [7, 11) is 0. The van der Waals surface area contributed by atoms with Crippen LogP contribution in [0.3, 0.4) is 0 Å². The smallest absolute Gasteiger partial charge is 0.234 e. The summed E-state index contributed by atoms with van der Waals surface area (Å²) in [5.74, 6) is 1.29. The molecule has 4 nitrogen and oxygen atoms in total. The molecule has 1 aromatic carbocycles. The van der Waals surface area contributed by atoms with Crippen molar-refractivity contribution < 1.29 is 9.53 Å². The number of aromatic nitrogens is 1. The number of carbonyl (C=O) groups is 1. The Morgan fingerprint density at radius 3 is 2.13 bits per heavy atom. The summed E-state index contributed by atoms with van der Waals surface area (Å²) >= 11 is 0. The minimum absolute atomic E-state index is 0.0770. The third-order valence-electron chi connectivity index (χ3n) is 6.26. The Balaban J connectivity index is 2.11. The van der Waals surface area contributed by atoms with Gasteiger partial charge in [0, 0.05) is 11.7 Å². The first-order chi connectivity index (χ1) is 14.0. The first-order valence-electron chi connectivity index (χ1n) is 11.1. The highest BCUT2D eigenvalue weighted by atomic mass is 16.5. The molecule has 0 saturated heterocycles. The van der Waals surface area contributed by atoms with Crippen LogP contribution in [0.5, 0.6) is 11.6 Å². The molecule has 1 unspecified atom stereocenters. The Hall–Kier alpha value is -2.36. The summed E-state index contributed by atoms with van der Waals surface area (Å²) in [6.07, 6.45) is 1.86. The Labute approximate surface area is 181 Å². The highest BCUT2D eigenvalue weighted by Gasteiger charge is 2.40. The summed E-state index contributed by atoms with van der Waals surface area (Å²) in [6, 6.07) is 6.63. The fraction of sp³-hybridized carbons (Fsp3) is 0.538. The minimum atomic E-state index is -0.252. The van der Waals surface area contributed by atoms with Crippen molar-refractivity contribution in [3.05, 3.63) is 46.1 Å². The maximum absolute atomic E-state index is 13.2. The second kappa shape index (κ2) is 8.05. The van der Waals surface area contributed by atoms with Crippen LogP contribution < -0.4 is 9.64 Å². The van der Waals surface area contributed by atoms with Gasteiger partial charge >= 0.3 is 0 Å². The normalized spacial score (nSPS) is 16.4. The molecule has 0 fully saturated rings. The van der Waals surface area contributed by atoms with Gasteiger partial charge in [0.05, 0.1) is 17.2 Å². The van der Waals surface area contributed by atoms with E-state index in [1.807, 2.05) is 24.8 Å². The number of carbonyl (C=O) groups excluding carboxylic acids is 1. The number of amides is 1. The standard InChI is InChI=1S/C26H36N2O2/c1-10-20(11-2)28-21-14-17(5)27-24(22(21)18(6)25(28)29)30-23-15(3)12-19(13-16(23)4)26(7,8)9/h12-14,18,20H,10-11H2,1-9H3. The number of pyridine rings is 1. The van der Waals surface area contributed by atoms with Crippen LogP contribution in [-0.4, -0.2) is 16.9 Å². The predicted octanol–water partition coefficient (Wildman–Crippen LogP) is 6.74. The first kappa shape index (κ1) is 22.3. The lowest BCUT2D eigenvalue weighted by Gasteiger charge is -2.27. The maximum Gasteiger partial charge on any atom is 0.234 e. The van der Waals surface area contributed by atoms with Gasteiger partial charge in [-0.1, -0.05) is 46.8 Å². The van der Waals surface area contributed by atoms with Gasteiger partial charge in [-0.15, -0.1) is 0 Å². The average Bonchev–Trinajstić information content (AvgIpc) is 2.89. The SMILES string of the molecule is CCC(CC)N1C(=O)C(C)c2c1cc(C)nc2Oc1c(C)cc(C(C)(C)C)cc1C. The number of hydrogen-bond acceptors (Lipinski definition) is 3. The lowest BCUT2D eigenvalue weighted by atomic mass is 9.85. The number of fused-ring (bicyclic) bond motifs is 1. The van der Waals surface area contributed by atoms with Crippen molar-refractivity contribution in [1.29, 1.82) is 0 Å². The Morgan fingerprint density at radius 1 is 1.07 bits per heavy atom. The summed E-state index contributed by atoms with van der Waals surface area (Å²) in [4.78, 5) is 19.9. The van der Waals surface area contributed by atoms with E-state index in [1.165, 1.54) is 5.56 Å². The van der Waals surface area contributed by atoms with Crippen LogP contribution in [0.15, 0.2) is 18.2 Å². The molecular weight excluding hydrogens is 372 g/mol. The summed E-state index contributed by atoms with van der Waals surface area (Å²) in [5, 5.41) is 0. The number of anilines is 1. The monoisotopic (exact) mass is 408 g/mol. The second-order valence-corrected chi connectivity index (χ2v) is 9.69. The second-order valence-electron chi connectivity index (χ2n) is 9.69. The molecule has 1 amide bonds. The van der Waals surface area contributed by atoms with Crippen molar-refractivity contribution in [2.24, 2.45) is 0 Å². The van der Waals surface area contributed by atoms with Gasteiger partial charge in [0.1, 0.15) is 5.75 Å². The van der Waals surface area contributed by atoms with E-state index < -0.39 is 0 Å². The Kier molecular flexibility index (Phi) is 5.99. The summed E-state index contributed by atoms with van der Waals surface area (Å²) < 4.78 is 6.46. The van der Waals surface area contributed by atoms with Crippen LogP contribution in [0.4, 0.5) is 5.69 Å². The van der Waals surface area contributed by atoms with Crippen LogP contribution in [-0.2, 0) is 10.2 Å². The zero-order valence-electron chi connectivity index (χ0n) is 20.0. The van der Waals surface area contributed by atoms with Crippen molar-refractivity contribution in [3.63, 3.8) is 0 Å². The van der Waals surface area contributed by atoms with Gasteiger partial charge in [-0.2, -0.15) is 0 Å². The molecule has 0 spiro atoms. The molecule has 1 aromatic heterocycles. The number of hydrogen-bond donors (Lipinski definition) is 0. The lowest BCUT2D eigenvalue weighted by Crippen LogP contribution is -2.37. The van der Waals surface area contributed by atoms with E-state index in [9.17, 15) is 4.79 Å². The average molecular weight is 409 g/mol. The maximum atomic E-state index is 13.2. The van der Waals surface area contributed by atoms with Crippen LogP contribution in [0.1, 0.15) is 88.2 Å². The molecule has 0 bridgehead atoms. The zero-order chi connectivity index (χ0) is 22.4. The predicted molar refractivity (Wildman–Crippen MR) is 124 cm³/mol. The number of nitrogens with zero attached hydrogens (tertiary/aromatic N) is 2. The fourth-order valence-electron chi connectivity index (χ4n) is 4.44. The van der Waals surface area contributed by atoms with E-state index >= 15 is 0 Å². The molecule has 4 heteroatoms. The molecule has 1 aliphatic heterocycles. The highest BCUT2D eigenvalue weighted by molar-refractivity contribution is 6.06. The summed E-state index contributed by atoms with van der Waals surface area (Å²) in [5.41, 5.74) is 6.28. The molecule has 162 valence electrons. The van der Waals surface area contributed by atoms with E-state index in [-0.39, 0.29) is 23.3 Å². The largest absolute Gasteiger partial charge is 0.438 e. The van der Waals surface area contributed by atoms with E-state index in [2.05, 4.69) is 60.6 Å². The molecule has 1 aliphatic rings. The quantitative estimate of drug-likeness (QED) is 0.550. The van der Waals surface area contributed by atoms with E-state index in [4.69, 9.17) is 9.72 Å². The number of rotatable bonds is 5. The van der Waals surface area contributed by atoms with Gasteiger partial charge < -0.3 is 9.64 Å². The lowest BCUT2D eigenvalue weighted by molar-refractivity contribution is -0.119. The van der Waals surface area contributed by atoms with E-state index in [0.717, 1.165) is 46.7 Å². The van der Waals surface area contributed by atoms with Gasteiger partial charge in [-0.25, -0.2) is 4.98 Å². The minimum Gasteiger partial charge on any atom is -0.438 e. The first-order valence-corrected chi connectivity index (χ1v) is 11.1. The van der Waals surface area contributed by atoms with Crippen molar-refractivity contribution in [1.82, 2.24) is 4.98 Å². The highest BCUT2D eigenvalue weighted by Crippen LogP contribution is 2.46. The van der Waals surface area contributed by atoms with Crippen LogP contribution >= 0.6 is 0 Å². The van der Waals surface area contributed by atoms with Crippen LogP contribution in [0, 0.1) is 20.8 Å². The topological polar surface area (TPSA) is 42.4 Å². The van der Waals surface area contributed by atoms with E-state index in [1.54, 1.807) is 0 Å². The molecular formula is C26H36N2O2. The fourth-order valence-corrected chi connectivity index (χ4v) is 4.44. The molecule has 3 rings (SSSR count). The molecule has 30 heavy (non-hydrogen) atoms. The third kappa shape index (κ3) is 3.84. The van der Waals surface area contributed by atoms with Crippen LogP contribution in [0.2, 0.25) is 0 Å². The van der Waals surface area contributed by atoms with Crippen molar-refractivity contribution in [2.45, 2.75) is 92.5 Å². The Bertz CT molecular complexity index is 945. The van der Waals surface area contributed by atoms with Crippen molar-refractivity contribution in [3.8, 4) is 11.6 Å². The number of aryl methyl sites for hydroxylation is 3. The molecule has 1 atom stereocenters.